The maximum atomic E-state index is 16.4. The molecular formula is C24H25F4N3O4S. The van der Waals surface area contributed by atoms with Crippen molar-refractivity contribution in [3.05, 3.63) is 64.7 Å². The van der Waals surface area contributed by atoms with Crippen LogP contribution in [0.1, 0.15) is 60.3 Å². The number of Topliss-reactive ketones (excluding diaryl/α,β-unsaturated/α-hetero) is 1. The number of carbonyl (C=O) groups excluding carboxylic acids is 2. The molecule has 36 heavy (non-hydrogen) atoms. The van der Waals surface area contributed by atoms with Crippen LogP contribution in [0.15, 0.2) is 41.5 Å². The minimum atomic E-state index is -4.44. The molecule has 0 amide bonds. The Morgan fingerprint density at radius 2 is 1.78 bits per heavy atom. The van der Waals surface area contributed by atoms with Gasteiger partial charge in [-0.1, -0.05) is 12.1 Å². The largest absolute Gasteiger partial charge is 0.483 e. The van der Waals surface area contributed by atoms with E-state index in [1.807, 2.05) is 0 Å². The second kappa shape index (κ2) is 9.38. The average Bonchev–Trinajstić information content (AvgIpc) is 2.77. The molecule has 0 unspecified atom stereocenters. The predicted octanol–water partition coefficient (Wildman–Crippen LogP) is 4.61. The molecule has 0 saturated carbocycles. The van der Waals surface area contributed by atoms with Gasteiger partial charge in [-0.2, -0.15) is 0 Å². The number of halogens is 4. The summed E-state index contributed by atoms with van der Waals surface area (Å²) in [7, 11) is -4.44. The second-order valence-electron chi connectivity index (χ2n) is 9.19. The molecule has 1 fully saturated rings. The van der Waals surface area contributed by atoms with Crippen molar-refractivity contribution in [1.29, 1.82) is 0 Å². The van der Waals surface area contributed by atoms with Crippen molar-refractivity contribution in [3.63, 3.8) is 0 Å². The highest BCUT2D eigenvalue weighted by molar-refractivity contribution is 7.95. The number of ketones is 1. The number of pyridine rings is 1. The zero-order valence-electron chi connectivity index (χ0n) is 19.8. The van der Waals surface area contributed by atoms with Crippen molar-refractivity contribution >= 4 is 27.7 Å². The molecule has 1 aromatic carbocycles. The van der Waals surface area contributed by atoms with Crippen molar-refractivity contribution in [1.82, 2.24) is 4.98 Å². The molecule has 7 nitrogen and oxygen atoms in total. The van der Waals surface area contributed by atoms with Crippen LogP contribution in [0, 0.1) is 12.7 Å². The predicted molar refractivity (Wildman–Crippen MR) is 125 cm³/mol. The van der Waals surface area contributed by atoms with Crippen LogP contribution < -0.4 is 5.73 Å². The highest BCUT2D eigenvalue weighted by Crippen LogP contribution is 2.57. The number of aryl methyl sites for hydroxylation is 1. The summed E-state index contributed by atoms with van der Waals surface area (Å²) in [4.78, 5) is 29.2. The number of hydrogen-bond acceptors (Lipinski definition) is 7. The van der Waals surface area contributed by atoms with Gasteiger partial charge in [0.25, 0.3) is 0 Å². The van der Waals surface area contributed by atoms with Gasteiger partial charge in [-0.05, 0) is 69.4 Å². The topological polar surface area (TPSA) is 120 Å². The summed E-state index contributed by atoms with van der Waals surface area (Å²) in [5, 5.41) is -2.82. The number of aliphatic imine (C=N–C) groups is 1. The molecule has 3 heterocycles. The van der Waals surface area contributed by atoms with Crippen LogP contribution in [0.5, 0.6) is 0 Å². The van der Waals surface area contributed by atoms with Gasteiger partial charge in [-0.3, -0.25) is 14.8 Å². The van der Waals surface area contributed by atoms with Gasteiger partial charge in [0.05, 0.1) is 0 Å². The van der Waals surface area contributed by atoms with E-state index < -0.39 is 37.2 Å². The van der Waals surface area contributed by atoms with E-state index in [-0.39, 0.29) is 48.6 Å². The molecule has 2 N–H and O–H groups in total. The van der Waals surface area contributed by atoms with Crippen molar-refractivity contribution in [2.45, 2.75) is 61.7 Å². The number of rotatable bonds is 4. The first kappa shape index (κ1) is 27.4. The molecule has 0 radical (unpaired) electrons. The number of nitrogens with zero attached hydrogens (tertiary/aromatic N) is 2. The number of sulfone groups is 1. The van der Waals surface area contributed by atoms with Gasteiger partial charge in [-0.15, -0.1) is 8.78 Å². The molecule has 0 aliphatic carbocycles. The third-order valence-corrected chi connectivity index (χ3v) is 10.0. The fourth-order valence-corrected chi connectivity index (χ4v) is 7.40. The lowest BCUT2D eigenvalue weighted by Crippen LogP contribution is -2.68. The fraction of sp³-hybridized carbons (Fsp3) is 0.417. The maximum absolute atomic E-state index is 16.4. The van der Waals surface area contributed by atoms with Crippen LogP contribution in [0.25, 0.3) is 0 Å². The first-order valence-corrected chi connectivity index (χ1v) is 12.5. The van der Waals surface area contributed by atoms with E-state index in [0.717, 1.165) is 6.07 Å². The summed E-state index contributed by atoms with van der Waals surface area (Å²) >= 11 is 0. The average molecular weight is 528 g/mol. The van der Waals surface area contributed by atoms with Crippen LogP contribution in [0.3, 0.4) is 0 Å². The molecule has 2 aliphatic rings. The lowest BCUT2D eigenvalue weighted by molar-refractivity contribution is 0.0987. The standard InChI is InChI=1S/C23H25F2N3O3S.CF2O/c1-14-6-4-11-27-19(14)18(29)13-15-7-8-17(24)16(12-15)22(3)23(25)10-5-9-21(2,20(26)28-22)32(23,30)31;2-1(3)4/h4,6-8,11-12H,5,9-10,13H2,1-3H3,(H2,26,28);/t21-,22-,23+;/m1./s1. The van der Waals surface area contributed by atoms with Gasteiger partial charge in [-0.25, -0.2) is 22.0 Å². The van der Waals surface area contributed by atoms with Gasteiger partial charge in [0.15, 0.2) is 5.78 Å². The van der Waals surface area contributed by atoms with Crippen molar-refractivity contribution in [2.24, 2.45) is 10.7 Å². The first-order valence-electron chi connectivity index (χ1n) is 11.0. The molecular weight excluding hydrogens is 502 g/mol. The van der Waals surface area contributed by atoms with Crippen molar-refractivity contribution < 1.29 is 35.6 Å². The summed E-state index contributed by atoms with van der Waals surface area (Å²) in [6.45, 7) is 4.39. The van der Waals surface area contributed by atoms with Gasteiger partial charge in [0.1, 0.15) is 27.6 Å². The van der Waals surface area contributed by atoms with Crippen molar-refractivity contribution in [3.8, 4) is 0 Å². The van der Waals surface area contributed by atoms with Crippen LogP contribution in [0.4, 0.5) is 22.4 Å². The van der Waals surface area contributed by atoms with Gasteiger partial charge in [0.2, 0.25) is 14.8 Å². The quantitative estimate of drug-likeness (QED) is 0.352. The summed E-state index contributed by atoms with van der Waals surface area (Å²) in [6.07, 6.45) is -1.31. The Hall–Kier alpha value is -3.15. The van der Waals surface area contributed by atoms with E-state index >= 15 is 8.78 Å². The number of fused-ring (bicyclic) bond motifs is 2. The molecule has 3 atom stereocenters. The molecule has 2 aromatic rings. The van der Waals surface area contributed by atoms with Gasteiger partial charge < -0.3 is 5.73 Å². The van der Waals surface area contributed by atoms with E-state index in [9.17, 15) is 22.0 Å². The third-order valence-electron chi connectivity index (χ3n) is 6.98. The number of nitrogens with two attached hydrogens (primary N) is 1. The molecule has 2 aliphatic heterocycles. The molecule has 12 heteroatoms. The molecule has 1 saturated heterocycles. The Balaban J connectivity index is 0.000000840. The van der Waals surface area contributed by atoms with E-state index in [2.05, 4.69) is 9.98 Å². The summed E-state index contributed by atoms with van der Waals surface area (Å²) in [6, 6.07) is 7.31. The zero-order valence-corrected chi connectivity index (χ0v) is 20.6. The Kier molecular flexibility index (Phi) is 7.15. The van der Waals surface area contributed by atoms with Crippen molar-refractivity contribution in [2.75, 3.05) is 0 Å². The van der Waals surface area contributed by atoms with E-state index in [1.165, 1.54) is 32.2 Å². The summed E-state index contributed by atoms with van der Waals surface area (Å²) < 4.78 is 75.8. The summed E-state index contributed by atoms with van der Waals surface area (Å²) in [5.41, 5.74) is 5.12. The fourth-order valence-electron chi connectivity index (χ4n) is 4.86. The van der Waals surface area contributed by atoms with E-state index in [0.29, 0.717) is 11.1 Å². The normalized spacial score (nSPS) is 28.4. The summed E-state index contributed by atoms with van der Waals surface area (Å²) in [5.74, 6) is -1.32. The SMILES string of the molecule is Cc1cccnc1C(=O)Cc1ccc(F)c([C@@]2(C)N=C(N)[C@@]3(C)CCC[C@]2(F)S3(=O)=O)c1.O=C(F)F. The highest BCUT2D eigenvalue weighted by Gasteiger charge is 2.71. The number of alkyl halides is 1. The number of aromatic nitrogens is 1. The van der Waals surface area contributed by atoms with Crippen LogP contribution in [-0.4, -0.2) is 41.1 Å². The molecule has 4 rings (SSSR count). The monoisotopic (exact) mass is 527 g/mol. The Bertz CT molecular complexity index is 1360. The lowest BCUT2D eigenvalue weighted by atomic mass is 9.80. The molecule has 2 bridgehead atoms. The smallest absolute Gasteiger partial charge is 0.386 e. The molecule has 0 spiro atoms. The minimum Gasteiger partial charge on any atom is -0.386 e. The zero-order chi connectivity index (χ0) is 27.1. The minimum absolute atomic E-state index is 0.107. The van der Waals surface area contributed by atoms with E-state index in [4.69, 9.17) is 10.5 Å². The second-order valence-corrected chi connectivity index (χ2v) is 11.7. The highest BCUT2D eigenvalue weighted by atomic mass is 32.2. The van der Waals surface area contributed by atoms with E-state index in [1.54, 1.807) is 19.1 Å². The lowest BCUT2D eigenvalue weighted by Gasteiger charge is -2.52. The molecule has 1 aromatic heterocycles. The number of benzene rings is 1. The van der Waals surface area contributed by atoms with Crippen LogP contribution in [-0.2, 0) is 21.8 Å². The third kappa shape index (κ3) is 4.21. The first-order chi connectivity index (χ1) is 16.6. The Morgan fingerprint density at radius 1 is 1.14 bits per heavy atom. The van der Waals surface area contributed by atoms with Crippen LogP contribution >= 0.6 is 0 Å². The Morgan fingerprint density at radius 3 is 2.39 bits per heavy atom. The van der Waals surface area contributed by atoms with Gasteiger partial charge >= 0.3 is 6.29 Å². The molecule has 194 valence electrons. The Labute approximate surface area is 205 Å². The number of amidine groups is 1. The van der Waals surface area contributed by atoms with Gasteiger partial charge in [0, 0.05) is 18.2 Å². The number of carbonyl (C=O) groups is 2. The maximum Gasteiger partial charge on any atom is 0.483 e. The number of hydrogen-bond donors (Lipinski definition) is 1. The van der Waals surface area contributed by atoms with Crippen LogP contribution in [0.2, 0.25) is 0 Å².